The zero-order chi connectivity index (χ0) is 43.6. The van der Waals surface area contributed by atoms with Crippen LogP contribution in [0.25, 0.3) is 110 Å². The van der Waals surface area contributed by atoms with Crippen molar-refractivity contribution in [3.8, 4) is 44.5 Å². The van der Waals surface area contributed by atoms with Crippen LogP contribution < -0.4 is 4.90 Å². The molecule has 0 aliphatic rings. The molecule has 0 N–H and O–H groups in total. The van der Waals surface area contributed by atoms with Gasteiger partial charge in [-0.25, -0.2) is 0 Å². The lowest BCUT2D eigenvalue weighted by Gasteiger charge is -2.30. The maximum atomic E-state index is 6.61. The number of furan rings is 1. The predicted molar refractivity (Wildman–Crippen MR) is 280 cm³/mol. The van der Waals surface area contributed by atoms with Crippen LogP contribution in [0.3, 0.4) is 0 Å². The van der Waals surface area contributed by atoms with Gasteiger partial charge in [-0.1, -0.05) is 188 Å². The molecular weight excluding hydrogens is 799 g/mol. The van der Waals surface area contributed by atoms with E-state index in [1.807, 2.05) is 6.07 Å². The van der Waals surface area contributed by atoms with Crippen molar-refractivity contribution in [3.05, 3.63) is 249 Å². The Bertz CT molecular complexity index is 3980. The maximum absolute atomic E-state index is 6.61. The van der Waals surface area contributed by atoms with Crippen LogP contribution in [0.15, 0.2) is 253 Å². The first-order valence-corrected chi connectivity index (χ1v) is 22.7. The quantitative estimate of drug-likeness (QED) is 0.149. The van der Waals surface area contributed by atoms with Gasteiger partial charge in [0.2, 0.25) is 0 Å². The Kier molecular flexibility index (Phi) is 8.89. The van der Waals surface area contributed by atoms with Gasteiger partial charge in [-0.2, -0.15) is 0 Å². The first-order valence-electron chi connectivity index (χ1n) is 22.7. The molecule has 0 amide bonds. The summed E-state index contributed by atoms with van der Waals surface area (Å²) in [6.07, 6.45) is 0. The summed E-state index contributed by atoms with van der Waals surface area (Å²) in [4.78, 5) is 2.43. The molecule has 0 spiro atoms. The molecule has 0 saturated heterocycles. The zero-order valence-corrected chi connectivity index (χ0v) is 36.0. The zero-order valence-electron chi connectivity index (χ0n) is 36.0. The molecule has 0 saturated carbocycles. The van der Waals surface area contributed by atoms with Gasteiger partial charge in [0.25, 0.3) is 0 Å². The molecule has 13 aromatic rings. The molecule has 0 aliphatic carbocycles. The Morgan fingerprint density at radius 1 is 0.258 bits per heavy atom. The van der Waals surface area contributed by atoms with Gasteiger partial charge in [0.05, 0.1) is 5.69 Å². The highest BCUT2D eigenvalue weighted by Crippen LogP contribution is 2.49. The van der Waals surface area contributed by atoms with Crippen molar-refractivity contribution in [2.75, 3.05) is 4.90 Å². The van der Waals surface area contributed by atoms with E-state index in [1.54, 1.807) is 0 Å². The number of nitrogens with zero attached hydrogens (tertiary/aromatic N) is 1. The molecule has 0 bridgehead atoms. The van der Waals surface area contributed by atoms with Crippen LogP contribution in [0.5, 0.6) is 0 Å². The smallest absolute Gasteiger partial charge is 0.136 e. The van der Waals surface area contributed by atoms with E-state index in [4.69, 9.17) is 4.42 Å². The molecular formula is C64H41NO. The van der Waals surface area contributed by atoms with Gasteiger partial charge >= 0.3 is 0 Å². The van der Waals surface area contributed by atoms with E-state index in [2.05, 4.69) is 248 Å². The van der Waals surface area contributed by atoms with E-state index < -0.39 is 0 Å². The third kappa shape index (κ3) is 6.26. The fourth-order valence-electron chi connectivity index (χ4n) is 10.4. The first kappa shape index (κ1) is 37.8. The van der Waals surface area contributed by atoms with Gasteiger partial charge in [-0.3, -0.25) is 0 Å². The number of para-hydroxylation sites is 1. The van der Waals surface area contributed by atoms with E-state index in [0.717, 1.165) is 55.7 Å². The number of hydrogen-bond acceptors (Lipinski definition) is 2. The summed E-state index contributed by atoms with van der Waals surface area (Å²) in [5.74, 6) is 0. The van der Waals surface area contributed by atoms with Crippen molar-refractivity contribution < 1.29 is 4.42 Å². The van der Waals surface area contributed by atoms with E-state index in [1.165, 1.54) is 70.9 Å². The topological polar surface area (TPSA) is 16.4 Å². The summed E-state index contributed by atoms with van der Waals surface area (Å²) < 4.78 is 6.61. The minimum absolute atomic E-state index is 0.864. The Balaban J connectivity index is 1.07. The predicted octanol–water partition coefficient (Wildman–Crippen LogP) is 18.3. The van der Waals surface area contributed by atoms with Gasteiger partial charge in [-0.05, 0) is 143 Å². The lowest BCUT2D eigenvalue weighted by atomic mass is 9.87. The Labute approximate surface area is 382 Å². The molecule has 12 aromatic carbocycles. The molecule has 1 aromatic heterocycles. The third-order valence-electron chi connectivity index (χ3n) is 13.4. The van der Waals surface area contributed by atoms with Crippen molar-refractivity contribution in [2.45, 2.75) is 0 Å². The molecule has 0 atom stereocenters. The minimum Gasteiger partial charge on any atom is -0.456 e. The Morgan fingerprint density at radius 2 is 0.742 bits per heavy atom. The van der Waals surface area contributed by atoms with Crippen LogP contribution in [0.4, 0.5) is 17.1 Å². The van der Waals surface area contributed by atoms with Crippen molar-refractivity contribution in [3.63, 3.8) is 0 Å². The molecule has 0 fully saturated rings. The monoisotopic (exact) mass is 839 g/mol. The van der Waals surface area contributed by atoms with Crippen LogP contribution in [0.2, 0.25) is 0 Å². The molecule has 0 radical (unpaired) electrons. The van der Waals surface area contributed by atoms with Crippen molar-refractivity contribution in [1.82, 2.24) is 0 Å². The summed E-state index contributed by atoms with van der Waals surface area (Å²) in [6.45, 7) is 0. The van der Waals surface area contributed by atoms with Crippen LogP contribution in [0, 0.1) is 0 Å². The average Bonchev–Trinajstić information content (AvgIpc) is 3.77. The van der Waals surface area contributed by atoms with E-state index in [-0.39, 0.29) is 0 Å². The second kappa shape index (κ2) is 15.5. The summed E-state index contributed by atoms with van der Waals surface area (Å²) in [7, 11) is 0. The van der Waals surface area contributed by atoms with Crippen LogP contribution in [-0.4, -0.2) is 0 Å². The van der Waals surface area contributed by atoms with Crippen LogP contribution in [-0.2, 0) is 0 Å². The molecule has 13 rings (SSSR count). The minimum atomic E-state index is 0.864. The van der Waals surface area contributed by atoms with Crippen LogP contribution >= 0.6 is 0 Å². The molecule has 308 valence electrons. The van der Waals surface area contributed by atoms with Gasteiger partial charge < -0.3 is 9.32 Å². The normalized spacial score (nSPS) is 11.6. The average molecular weight is 840 g/mol. The van der Waals surface area contributed by atoms with Gasteiger partial charge in [0, 0.05) is 27.7 Å². The lowest BCUT2D eigenvalue weighted by Crippen LogP contribution is -2.12. The van der Waals surface area contributed by atoms with Gasteiger partial charge in [0.1, 0.15) is 11.2 Å². The maximum Gasteiger partial charge on any atom is 0.136 e. The first-order chi connectivity index (χ1) is 32.7. The number of benzene rings is 12. The lowest BCUT2D eigenvalue weighted by molar-refractivity contribution is 0.669. The Hall–Kier alpha value is -8.72. The van der Waals surface area contributed by atoms with E-state index in [9.17, 15) is 0 Å². The number of anilines is 3. The number of hydrogen-bond donors (Lipinski definition) is 0. The molecule has 66 heavy (non-hydrogen) atoms. The summed E-state index contributed by atoms with van der Waals surface area (Å²) in [5.41, 5.74) is 14.2. The second-order valence-electron chi connectivity index (χ2n) is 17.2. The van der Waals surface area contributed by atoms with Crippen LogP contribution in [0.1, 0.15) is 0 Å². The standard InChI is InChI=1S/C64H41NO/c1-2-15-42(16-3-1)43-29-34-48(35-30-43)65(49-36-31-44(32-37-49)59-39-45-17-4-6-19-50(45)52-21-8-10-23-54(52)59)61-27-14-26-58(60-40-46-18-5-7-20-51(46)53-22-9-11-24-55(53)60)64(61)47-33-38-57-56-25-12-13-28-62(56)66-63(57)41-47/h1-41H. The van der Waals surface area contributed by atoms with E-state index in [0.29, 0.717) is 0 Å². The third-order valence-corrected chi connectivity index (χ3v) is 13.4. The van der Waals surface area contributed by atoms with Gasteiger partial charge in [-0.15, -0.1) is 0 Å². The van der Waals surface area contributed by atoms with Gasteiger partial charge in [0.15, 0.2) is 0 Å². The van der Waals surface area contributed by atoms with E-state index >= 15 is 0 Å². The Morgan fingerprint density at radius 3 is 1.41 bits per heavy atom. The highest BCUT2D eigenvalue weighted by molar-refractivity contribution is 6.17. The van der Waals surface area contributed by atoms with Crippen molar-refractivity contribution in [2.24, 2.45) is 0 Å². The fourth-order valence-corrected chi connectivity index (χ4v) is 10.4. The highest BCUT2D eigenvalue weighted by atomic mass is 16.3. The molecule has 2 nitrogen and oxygen atoms in total. The molecule has 0 aliphatic heterocycles. The summed E-state index contributed by atoms with van der Waals surface area (Å²) in [5, 5.41) is 12.1. The van der Waals surface area contributed by atoms with Crippen molar-refractivity contribution >= 4 is 82.1 Å². The second-order valence-corrected chi connectivity index (χ2v) is 17.2. The molecule has 2 heteroatoms. The summed E-state index contributed by atoms with van der Waals surface area (Å²) in [6, 6.07) is 90.4. The fraction of sp³-hybridized carbons (Fsp3) is 0. The number of fused-ring (bicyclic) bond motifs is 9. The largest absolute Gasteiger partial charge is 0.456 e. The molecule has 1 heterocycles. The summed E-state index contributed by atoms with van der Waals surface area (Å²) >= 11 is 0. The van der Waals surface area contributed by atoms with Crippen molar-refractivity contribution in [1.29, 1.82) is 0 Å². The SMILES string of the molecule is c1ccc(-c2ccc(N(c3ccc(-c4cc5ccccc5c5ccccc45)cc3)c3cccc(-c4cc5ccccc5c5ccccc45)c3-c3ccc4c(c3)oc3ccccc34)cc2)cc1. The number of rotatable bonds is 7. The molecule has 0 unspecified atom stereocenters. The highest BCUT2D eigenvalue weighted by Gasteiger charge is 2.23.